The third-order valence-corrected chi connectivity index (χ3v) is 14.4. The highest BCUT2D eigenvalue weighted by Crippen LogP contribution is 2.75. The van der Waals surface area contributed by atoms with Crippen molar-refractivity contribution in [2.75, 3.05) is 0 Å². The predicted molar refractivity (Wildman–Crippen MR) is 175 cm³/mol. The van der Waals surface area contributed by atoms with Crippen LogP contribution in [0, 0.1) is 50.2 Å². The molecule has 246 valence electrons. The van der Waals surface area contributed by atoms with E-state index in [4.69, 9.17) is 4.74 Å². The summed E-state index contributed by atoms with van der Waals surface area (Å²) in [5, 5.41) is 30.0. The number of fused-ring (bicyclic) bond motifs is 7. The highest BCUT2D eigenvalue weighted by atomic mass is 16.5. The molecule has 6 nitrogen and oxygen atoms in total. The number of carboxylic acid groups (broad SMARTS) is 1. The molecule has 0 bridgehead atoms. The van der Waals surface area contributed by atoms with E-state index in [1.54, 1.807) is 17.7 Å². The molecule has 5 aliphatic carbocycles. The van der Waals surface area contributed by atoms with E-state index in [-0.39, 0.29) is 56.6 Å². The molecular formula is C39H54O6. The number of hydrogen-bond donors (Lipinski definition) is 3. The molecular weight excluding hydrogens is 564 g/mol. The van der Waals surface area contributed by atoms with Crippen LogP contribution < -0.4 is 0 Å². The summed E-state index contributed by atoms with van der Waals surface area (Å²) < 4.78 is 6.15. The first kappa shape index (κ1) is 32.2. The number of hydrogen-bond acceptors (Lipinski definition) is 5. The Bertz CT molecular complexity index is 1450. The van der Waals surface area contributed by atoms with Gasteiger partial charge in [-0.15, -0.1) is 0 Å². The van der Waals surface area contributed by atoms with Crippen molar-refractivity contribution in [3.05, 3.63) is 41.5 Å². The molecule has 6 rings (SSSR count). The molecule has 0 unspecified atom stereocenters. The van der Waals surface area contributed by atoms with Gasteiger partial charge in [0, 0.05) is 11.5 Å². The molecule has 1 aromatic rings. The minimum absolute atomic E-state index is 0.0442. The lowest BCUT2D eigenvalue weighted by molar-refractivity contribution is -0.199. The third-order valence-electron chi connectivity index (χ3n) is 14.4. The number of phenols is 2. The van der Waals surface area contributed by atoms with E-state index in [0.717, 1.165) is 57.8 Å². The average Bonchev–Trinajstić information content (AvgIpc) is 2.94. The maximum atomic E-state index is 13.0. The summed E-state index contributed by atoms with van der Waals surface area (Å²) >= 11 is 0. The maximum Gasteiger partial charge on any atom is 0.331 e. The Morgan fingerprint density at radius 1 is 0.822 bits per heavy atom. The Kier molecular flexibility index (Phi) is 7.42. The lowest BCUT2D eigenvalue weighted by atomic mass is 9.34. The maximum absolute atomic E-state index is 13.0. The van der Waals surface area contributed by atoms with Crippen molar-refractivity contribution in [1.29, 1.82) is 0 Å². The molecule has 4 fully saturated rings. The lowest BCUT2D eigenvalue weighted by Gasteiger charge is -2.70. The van der Waals surface area contributed by atoms with Crippen LogP contribution in [-0.4, -0.2) is 33.4 Å². The van der Waals surface area contributed by atoms with Crippen LogP contribution in [0.1, 0.15) is 118 Å². The van der Waals surface area contributed by atoms with E-state index >= 15 is 0 Å². The Hall–Kier alpha value is -2.76. The number of rotatable bonds is 4. The molecule has 8 atom stereocenters. The van der Waals surface area contributed by atoms with Crippen LogP contribution in [0.5, 0.6) is 11.5 Å². The normalized spacial score (nSPS) is 41.5. The number of carbonyl (C=O) groups excluding carboxylic acids is 1. The minimum Gasteiger partial charge on any atom is -0.504 e. The van der Waals surface area contributed by atoms with Crippen molar-refractivity contribution >= 4 is 18.0 Å². The quantitative estimate of drug-likeness (QED) is 0.135. The molecule has 0 aliphatic heterocycles. The molecule has 0 amide bonds. The molecule has 1 aromatic carbocycles. The number of esters is 1. The van der Waals surface area contributed by atoms with Gasteiger partial charge >= 0.3 is 11.9 Å². The number of aliphatic carboxylic acids is 1. The SMILES string of the molecule is CC1(C)CC[C@]2(C(=O)O)CC=C3[C@]4(C)CC[C@H]5C(C)(C)[C@H](OC(=O)/C=C/c6ccc(O)c(O)c6)CC[C@]5(C)[C@H]4CC[C@@]3(C)[C@@H]2C1. The summed E-state index contributed by atoms with van der Waals surface area (Å²) in [4.78, 5) is 26.0. The largest absolute Gasteiger partial charge is 0.504 e. The van der Waals surface area contributed by atoms with Crippen molar-refractivity contribution in [2.24, 2.45) is 50.2 Å². The van der Waals surface area contributed by atoms with Gasteiger partial charge in [0.15, 0.2) is 11.5 Å². The highest BCUT2D eigenvalue weighted by molar-refractivity contribution is 5.87. The van der Waals surface area contributed by atoms with Gasteiger partial charge in [-0.05, 0) is 127 Å². The summed E-state index contributed by atoms with van der Waals surface area (Å²) in [7, 11) is 0. The zero-order valence-corrected chi connectivity index (χ0v) is 28.4. The molecule has 5 aliphatic rings. The van der Waals surface area contributed by atoms with Crippen molar-refractivity contribution < 1.29 is 29.6 Å². The Morgan fingerprint density at radius 2 is 1.49 bits per heavy atom. The average molecular weight is 619 g/mol. The fraction of sp³-hybridized carbons (Fsp3) is 0.692. The fourth-order valence-corrected chi connectivity index (χ4v) is 12.0. The zero-order chi connectivity index (χ0) is 32.8. The van der Waals surface area contributed by atoms with Crippen molar-refractivity contribution in [1.82, 2.24) is 0 Å². The second-order valence-corrected chi connectivity index (χ2v) is 17.6. The fourth-order valence-electron chi connectivity index (χ4n) is 12.0. The number of aromatic hydroxyl groups is 2. The minimum atomic E-state index is -0.640. The van der Waals surface area contributed by atoms with Gasteiger partial charge in [0.25, 0.3) is 0 Å². The standard InChI is InChI=1S/C39H54O6/c1-34(2)20-21-39(33(43)44)19-14-29-37(6)16-12-27-35(3,4)31(45-32(42)11-9-24-8-10-25(40)26(41)22-24)15-18-36(27,5)28(37)13-17-38(29,7)30(39)23-34/h8-11,14,22,27-28,30-31,40-41H,12-13,15-21,23H2,1-7H3,(H,43,44)/b11-9+/t27-,28+,30-,31+,36-,37+,38+,39+/m0/s1. The van der Waals surface area contributed by atoms with Gasteiger partial charge in [0.1, 0.15) is 6.10 Å². The summed E-state index contributed by atoms with van der Waals surface area (Å²) in [6.45, 7) is 16.7. The van der Waals surface area contributed by atoms with Gasteiger partial charge in [-0.2, -0.15) is 0 Å². The van der Waals surface area contributed by atoms with Crippen LogP contribution in [0.3, 0.4) is 0 Å². The van der Waals surface area contributed by atoms with E-state index in [1.807, 2.05) is 0 Å². The van der Waals surface area contributed by atoms with Crippen LogP contribution in [0.4, 0.5) is 0 Å². The Balaban J connectivity index is 1.24. The number of phenolic OH excluding ortho intramolecular Hbond substituents is 2. The van der Waals surface area contributed by atoms with Crippen LogP contribution >= 0.6 is 0 Å². The molecule has 0 saturated heterocycles. The number of carbonyl (C=O) groups is 2. The molecule has 6 heteroatoms. The van der Waals surface area contributed by atoms with Crippen LogP contribution in [0.25, 0.3) is 6.08 Å². The summed E-state index contributed by atoms with van der Waals surface area (Å²) in [6, 6.07) is 4.46. The smallest absolute Gasteiger partial charge is 0.331 e. The van der Waals surface area contributed by atoms with E-state index in [9.17, 15) is 24.9 Å². The highest BCUT2D eigenvalue weighted by Gasteiger charge is 2.68. The van der Waals surface area contributed by atoms with Crippen molar-refractivity contribution in [3.63, 3.8) is 0 Å². The molecule has 3 N–H and O–H groups in total. The number of carboxylic acids is 1. The van der Waals surface area contributed by atoms with E-state index in [0.29, 0.717) is 23.8 Å². The molecule has 0 aromatic heterocycles. The molecule has 4 saturated carbocycles. The monoisotopic (exact) mass is 618 g/mol. The molecule has 0 heterocycles. The van der Waals surface area contributed by atoms with Gasteiger partial charge in [-0.25, -0.2) is 4.79 Å². The first-order valence-electron chi connectivity index (χ1n) is 17.2. The second-order valence-electron chi connectivity index (χ2n) is 17.6. The van der Waals surface area contributed by atoms with E-state index in [1.165, 1.54) is 18.2 Å². The van der Waals surface area contributed by atoms with Crippen molar-refractivity contribution in [3.8, 4) is 11.5 Å². The van der Waals surface area contributed by atoms with E-state index < -0.39 is 11.4 Å². The molecule has 0 radical (unpaired) electrons. The van der Waals surface area contributed by atoms with E-state index in [2.05, 4.69) is 54.5 Å². The van der Waals surface area contributed by atoms with Crippen LogP contribution in [-0.2, 0) is 14.3 Å². The first-order chi connectivity index (χ1) is 20.9. The van der Waals surface area contributed by atoms with Crippen molar-refractivity contribution in [2.45, 2.75) is 119 Å². The number of ether oxygens (including phenoxy) is 1. The second kappa shape index (κ2) is 10.4. The van der Waals surface area contributed by atoms with Gasteiger partial charge in [0.2, 0.25) is 0 Å². The number of benzene rings is 1. The predicted octanol–water partition coefficient (Wildman–Crippen LogP) is 8.91. The van der Waals surface area contributed by atoms with Gasteiger partial charge in [-0.3, -0.25) is 4.79 Å². The lowest BCUT2D eigenvalue weighted by Crippen LogP contribution is -2.64. The van der Waals surface area contributed by atoms with Gasteiger partial charge in [0.05, 0.1) is 5.41 Å². The van der Waals surface area contributed by atoms with Gasteiger partial charge in [-0.1, -0.05) is 66.2 Å². The summed E-state index contributed by atoms with van der Waals surface area (Å²) in [6.07, 6.45) is 14.8. The van der Waals surface area contributed by atoms with Crippen LogP contribution in [0.2, 0.25) is 0 Å². The van der Waals surface area contributed by atoms with Gasteiger partial charge < -0.3 is 20.1 Å². The number of allylic oxidation sites excluding steroid dienone is 2. The Labute approximate surface area is 269 Å². The van der Waals surface area contributed by atoms with Crippen LogP contribution in [0.15, 0.2) is 35.9 Å². The Morgan fingerprint density at radius 3 is 2.16 bits per heavy atom. The first-order valence-corrected chi connectivity index (χ1v) is 17.2. The zero-order valence-electron chi connectivity index (χ0n) is 28.4. The molecule has 45 heavy (non-hydrogen) atoms. The topological polar surface area (TPSA) is 104 Å². The summed E-state index contributed by atoms with van der Waals surface area (Å²) in [5.41, 5.74) is 1.56. The summed E-state index contributed by atoms with van der Waals surface area (Å²) in [5.74, 6) is -0.309. The molecule has 0 spiro atoms. The third kappa shape index (κ3) is 4.78.